The fraction of sp³-hybridized carbons (Fsp3) is 0.424. The molecule has 0 N–H and O–H groups in total. The monoisotopic (exact) mass is 515 g/mol. The van der Waals surface area contributed by atoms with E-state index in [2.05, 4.69) is 78.6 Å². The van der Waals surface area contributed by atoms with Crippen LogP contribution < -0.4 is 0 Å². The quantitative estimate of drug-likeness (QED) is 0.324. The molecule has 194 valence electrons. The van der Waals surface area contributed by atoms with Gasteiger partial charge in [-0.15, -0.1) is 12.4 Å². The number of hydrogen-bond acceptors (Lipinski definition) is 3. The highest BCUT2D eigenvalue weighted by molar-refractivity contribution is 5.85. The van der Waals surface area contributed by atoms with Gasteiger partial charge in [-0.05, 0) is 60.3 Å². The average Bonchev–Trinajstić information content (AvgIpc) is 2.93. The molecule has 7 rings (SSSR count). The molecule has 4 aliphatic rings. The van der Waals surface area contributed by atoms with Crippen LogP contribution in [0.2, 0.25) is 0 Å². The second-order valence-electron chi connectivity index (χ2n) is 11.0. The molecule has 2 aliphatic carbocycles. The van der Waals surface area contributed by atoms with E-state index in [1.807, 2.05) is 18.2 Å². The van der Waals surface area contributed by atoms with Gasteiger partial charge in [0.25, 0.3) is 0 Å². The van der Waals surface area contributed by atoms with Crippen molar-refractivity contribution in [3.8, 4) is 0 Å². The Morgan fingerprint density at radius 1 is 0.892 bits per heavy atom. The molecular weight excluding hydrogens is 478 g/mol. The van der Waals surface area contributed by atoms with Gasteiger partial charge in [0.05, 0.1) is 12.5 Å². The number of nitrogens with zero attached hydrogens (tertiary/aromatic N) is 1. The Hall–Kier alpha value is -2.62. The maximum Gasteiger partial charge on any atom is 0.310 e. The summed E-state index contributed by atoms with van der Waals surface area (Å²) < 4.78 is 5.94. The molecular formula is C33H38ClNO2. The molecule has 3 aromatic rings. The number of benzene rings is 3. The molecule has 0 spiro atoms. The molecule has 2 aliphatic heterocycles. The van der Waals surface area contributed by atoms with Crippen molar-refractivity contribution in [2.24, 2.45) is 11.8 Å². The normalized spacial score (nSPS) is 27.7. The summed E-state index contributed by atoms with van der Waals surface area (Å²) in [6.45, 7) is 3.83. The smallest absolute Gasteiger partial charge is 0.310 e. The standard InChI is InChI=1S/C33H37NO2.ClH/c1-2-33-23-31-27(32(35)36-20-18-25-13-7-4-8-14-25)22-29(33)30(21-26-15-9-10-16-28(26)33)34(31)19-17-24-11-5-3-6-12-24;/h3-16,27,29-31H,2,17-23H2,1H3;1H. The second-order valence-corrected chi connectivity index (χ2v) is 11.0. The van der Waals surface area contributed by atoms with Crippen molar-refractivity contribution in [2.75, 3.05) is 13.2 Å². The van der Waals surface area contributed by atoms with Crippen molar-refractivity contribution in [3.05, 3.63) is 107 Å². The van der Waals surface area contributed by atoms with Crippen molar-refractivity contribution in [1.29, 1.82) is 0 Å². The summed E-state index contributed by atoms with van der Waals surface area (Å²) in [6, 6.07) is 31.0. The number of fused-ring (bicyclic) bond motifs is 2. The lowest BCUT2D eigenvalue weighted by Gasteiger charge is -2.65. The Kier molecular flexibility index (Phi) is 7.74. The molecule has 2 saturated heterocycles. The van der Waals surface area contributed by atoms with Crippen LogP contribution in [0.1, 0.15) is 48.4 Å². The molecule has 2 heterocycles. The highest BCUT2D eigenvalue weighted by Crippen LogP contribution is 2.59. The lowest BCUT2D eigenvalue weighted by Crippen LogP contribution is -2.70. The van der Waals surface area contributed by atoms with Gasteiger partial charge in [0.15, 0.2) is 0 Å². The number of halogens is 1. The van der Waals surface area contributed by atoms with Gasteiger partial charge in [0.2, 0.25) is 0 Å². The van der Waals surface area contributed by atoms with Gasteiger partial charge >= 0.3 is 5.97 Å². The zero-order chi connectivity index (χ0) is 24.5. The summed E-state index contributed by atoms with van der Waals surface area (Å²) in [6.07, 6.45) is 6.07. The summed E-state index contributed by atoms with van der Waals surface area (Å²) in [5.41, 5.74) is 5.86. The van der Waals surface area contributed by atoms with Gasteiger partial charge in [-0.2, -0.15) is 0 Å². The van der Waals surface area contributed by atoms with Gasteiger partial charge in [-0.25, -0.2) is 0 Å². The van der Waals surface area contributed by atoms with E-state index in [0.717, 1.165) is 45.1 Å². The molecule has 3 nitrogen and oxygen atoms in total. The summed E-state index contributed by atoms with van der Waals surface area (Å²) in [5.74, 6) is 0.496. The minimum absolute atomic E-state index is 0. The Bertz CT molecular complexity index is 1200. The number of piperidine rings is 2. The van der Waals surface area contributed by atoms with Crippen molar-refractivity contribution >= 4 is 18.4 Å². The lowest BCUT2D eigenvalue weighted by molar-refractivity contribution is -0.167. The van der Waals surface area contributed by atoms with E-state index >= 15 is 0 Å². The van der Waals surface area contributed by atoms with Crippen LogP contribution in [-0.2, 0) is 34.2 Å². The van der Waals surface area contributed by atoms with Gasteiger partial charge in [0.1, 0.15) is 0 Å². The average molecular weight is 516 g/mol. The predicted molar refractivity (Wildman–Crippen MR) is 151 cm³/mol. The van der Waals surface area contributed by atoms with Crippen LogP contribution in [0.4, 0.5) is 0 Å². The van der Waals surface area contributed by atoms with E-state index in [1.54, 1.807) is 5.56 Å². The Balaban J connectivity index is 0.00000280. The molecule has 3 aromatic carbocycles. The molecule has 1 saturated carbocycles. The number of carbonyl (C=O) groups is 1. The Morgan fingerprint density at radius 2 is 1.54 bits per heavy atom. The summed E-state index contributed by atoms with van der Waals surface area (Å²) in [4.78, 5) is 16.2. The van der Waals surface area contributed by atoms with Gasteiger partial charge < -0.3 is 4.74 Å². The van der Waals surface area contributed by atoms with Crippen LogP contribution in [0.3, 0.4) is 0 Å². The van der Waals surface area contributed by atoms with Crippen LogP contribution in [-0.4, -0.2) is 36.1 Å². The fourth-order valence-electron chi connectivity index (χ4n) is 7.76. The summed E-state index contributed by atoms with van der Waals surface area (Å²) in [5, 5.41) is 0. The number of rotatable bonds is 8. The van der Waals surface area contributed by atoms with Crippen molar-refractivity contribution < 1.29 is 9.53 Å². The van der Waals surface area contributed by atoms with Crippen LogP contribution in [0.5, 0.6) is 0 Å². The first-order valence-electron chi connectivity index (χ1n) is 13.8. The number of ether oxygens (including phenoxy) is 1. The SMILES string of the molecule is CCC12CC3C(C(=O)OCCc4ccccc4)CC1C(Cc1ccccc12)N3CCc1ccccc1.Cl. The maximum atomic E-state index is 13.5. The molecule has 0 aromatic heterocycles. The lowest BCUT2D eigenvalue weighted by atomic mass is 9.48. The first kappa shape index (κ1) is 26.0. The molecule has 5 unspecified atom stereocenters. The number of hydrogen-bond donors (Lipinski definition) is 0. The van der Waals surface area contributed by atoms with Gasteiger partial charge in [-0.3, -0.25) is 9.69 Å². The fourth-order valence-corrected chi connectivity index (χ4v) is 7.76. The topological polar surface area (TPSA) is 29.5 Å². The van der Waals surface area contributed by atoms with Gasteiger partial charge in [0, 0.05) is 30.5 Å². The van der Waals surface area contributed by atoms with E-state index in [1.165, 1.54) is 16.7 Å². The summed E-state index contributed by atoms with van der Waals surface area (Å²) in [7, 11) is 0. The third kappa shape index (κ3) is 4.73. The highest BCUT2D eigenvalue weighted by atomic mass is 35.5. The molecule has 4 heteroatoms. The zero-order valence-electron chi connectivity index (χ0n) is 21.7. The van der Waals surface area contributed by atoms with Crippen LogP contribution in [0.15, 0.2) is 84.9 Å². The van der Waals surface area contributed by atoms with Crippen LogP contribution >= 0.6 is 12.4 Å². The third-order valence-corrected chi connectivity index (χ3v) is 9.47. The molecule has 0 amide bonds. The molecule has 3 fully saturated rings. The van der Waals surface area contributed by atoms with Crippen molar-refractivity contribution in [1.82, 2.24) is 4.90 Å². The van der Waals surface area contributed by atoms with E-state index in [0.29, 0.717) is 18.6 Å². The van der Waals surface area contributed by atoms with E-state index in [9.17, 15) is 4.79 Å². The molecule has 0 radical (unpaired) electrons. The third-order valence-electron chi connectivity index (χ3n) is 9.47. The van der Waals surface area contributed by atoms with Crippen LogP contribution in [0.25, 0.3) is 0 Å². The first-order chi connectivity index (χ1) is 17.7. The molecule has 5 atom stereocenters. The van der Waals surface area contributed by atoms with E-state index in [-0.39, 0.29) is 35.8 Å². The maximum absolute atomic E-state index is 13.5. The predicted octanol–water partition coefficient (Wildman–Crippen LogP) is 6.42. The first-order valence-corrected chi connectivity index (χ1v) is 13.8. The van der Waals surface area contributed by atoms with Crippen molar-refractivity contribution in [3.63, 3.8) is 0 Å². The molecule has 37 heavy (non-hydrogen) atoms. The highest BCUT2D eigenvalue weighted by Gasteiger charge is 2.62. The van der Waals surface area contributed by atoms with E-state index < -0.39 is 0 Å². The Morgan fingerprint density at radius 3 is 2.24 bits per heavy atom. The van der Waals surface area contributed by atoms with Crippen molar-refractivity contribution in [2.45, 2.75) is 62.9 Å². The summed E-state index contributed by atoms with van der Waals surface area (Å²) >= 11 is 0. The van der Waals surface area contributed by atoms with E-state index in [4.69, 9.17) is 4.74 Å². The largest absolute Gasteiger partial charge is 0.465 e. The number of esters is 1. The minimum atomic E-state index is -0.0252. The van der Waals surface area contributed by atoms with Crippen LogP contribution in [0, 0.1) is 11.8 Å². The second kappa shape index (κ2) is 11.0. The molecule has 4 bridgehead atoms. The zero-order valence-corrected chi connectivity index (χ0v) is 22.5. The van der Waals surface area contributed by atoms with Gasteiger partial charge in [-0.1, -0.05) is 91.9 Å². The minimum Gasteiger partial charge on any atom is -0.465 e. The number of carbonyl (C=O) groups excluding carboxylic acids is 1. The Labute approximate surface area is 227 Å².